The second kappa shape index (κ2) is 5.26. The fraction of sp³-hybridized carbons (Fsp3) is 0.500. The summed E-state index contributed by atoms with van der Waals surface area (Å²) < 4.78 is 0. The average Bonchev–Trinajstić information content (AvgIpc) is 2.28. The lowest BCUT2D eigenvalue weighted by atomic mass is 10.2. The van der Waals surface area contributed by atoms with Crippen molar-refractivity contribution in [3.8, 4) is 0 Å². The highest BCUT2D eigenvalue weighted by molar-refractivity contribution is 5.13. The molecule has 1 atom stereocenters. The number of nitrogens with zero attached hydrogens (tertiary/aromatic N) is 1. The van der Waals surface area contributed by atoms with E-state index in [2.05, 4.69) is 24.4 Å². The van der Waals surface area contributed by atoms with Crippen LogP contribution in [0.15, 0.2) is 30.3 Å². The van der Waals surface area contributed by atoms with E-state index >= 15 is 0 Å². The summed E-state index contributed by atoms with van der Waals surface area (Å²) in [6.07, 6.45) is 0. The molecular formula is C12H18N2O. The molecule has 15 heavy (non-hydrogen) atoms. The Morgan fingerprint density at radius 3 is 2.93 bits per heavy atom. The zero-order valence-electron chi connectivity index (χ0n) is 9.15. The Morgan fingerprint density at radius 2 is 2.20 bits per heavy atom. The summed E-state index contributed by atoms with van der Waals surface area (Å²) in [6.45, 7) is 5.80. The molecule has 1 aromatic carbocycles. The number of hydroxylamine groups is 2. The van der Waals surface area contributed by atoms with Crippen LogP contribution in [0.4, 0.5) is 0 Å². The number of piperazine rings is 1. The summed E-state index contributed by atoms with van der Waals surface area (Å²) in [7, 11) is 0. The molecule has 3 nitrogen and oxygen atoms in total. The van der Waals surface area contributed by atoms with Crippen LogP contribution in [0.2, 0.25) is 0 Å². The highest BCUT2D eigenvalue weighted by atomic mass is 16.7. The van der Waals surface area contributed by atoms with Gasteiger partial charge in [0.25, 0.3) is 0 Å². The molecule has 0 radical (unpaired) electrons. The molecule has 2 rings (SSSR count). The Kier molecular flexibility index (Phi) is 3.72. The highest BCUT2D eigenvalue weighted by Gasteiger charge is 2.15. The van der Waals surface area contributed by atoms with Crippen LogP contribution in [-0.4, -0.2) is 30.7 Å². The third-order valence-corrected chi connectivity index (χ3v) is 2.59. The van der Waals surface area contributed by atoms with Gasteiger partial charge in [0.2, 0.25) is 0 Å². The van der Waals surface area contributed by atoms with Crippen molar-refractivity contribution in [3.63, 3.8) is 0 Å². The first-order chi connectivity index (χ1) is 7.34. The largest absolute Gasteiger partial charge is 0.312 e. The predicted molar refractivity (Wildman–Crippen MR) is 60.3 cm³/mol. The minimum absolute atomic E-state index is 0.523. The highest BCUT2D eigenvalue weighted by Crippen LogP contribution is 2.05. The van der Waals surface area contributed by atoms with Crippen LogP contribution in [0.1, 0.15) is 12.5 Å². The van der Waals surface area contributed by atoms with Crippen LogP contribution in [0.25, 0.3) is 0 Å². The van der Waals surface area contributed by atoms with E-state index in [1.165, 1.54) is 5.56 Å². The van der Waals surface area contributed by atoms with E-state index in [1.807, 2.05) is 23.3 Å². The Labute approximate surface area is 91.0 Å². The van der Waals surface area contributed by atoms with Gasteiger partial charge in [0, 0.05) is 25.7 Å². The van der Waals surface area contributed by atoms with E-state index in [4.69, 9.17) is 4.84 Å². The number of hydrogen-bond donors (Lipinski definition) is 1. The average molecular weight is 206 g/mol. The summed E-state index contributed by atoms with van der Waals surface area (Å²) in [6, 6.07) is 10.8. The van der Waals surface area contributed by atoms with Crippen molar-refractivity contribution in [2.24, 2.45) is 0 Å². The van der Waals surface area contributed by atoms with Crippen molar-refractivity contribution in [1.29, 1.82) is 0 Å². The number of benzene rings is 1. The van der Waals surface area contributed by atoms with Gasteiger partial charge in [-0.2, -0.15) is 5.06 Å². The molecule has 0 saturated carbocycles. The number of hydrogen-bond acceptors (Lipinski definition) is 3. The van der Waals surface area contributed by atoms with Gasteiger partial charge in [-0.1, -0.05) is 30.3 Å². The van der Waals surface area contributed by atoms with Crippen molar-refractivity contribution in [1.82, 2.24) is 10.4 Å². The molecule has 1 fully saturated rings. The van der Waals surface area contributed by atoms with Crippen LogP contribution in [0.5, 0.6) is 0 Å². The number of nitrogens with one attached hydrogen (secondary N) is 1. The minimum Gasteiger partial charge on any atom is -0.312 e. The maximum Gasteiger partial charge on any atom is 0.0935 e. The summed E-state index contributed by atoms with van der Waals surface area (Å²) >= 11 is 0. The van der Waals surface area contributed by atoms with Crippen LogP contribution >= 0.6 is 0 Å². The van der Waals surface area contributed by atoms with Crippen LogP contribution in [0.3, 0.4) is 0 Å². The Hall–Kier alpha value is -0.900. The summed E-state index contributed by atoms with van der Waals surface area (Å²) in [5.74, 6) is 0. The monoisotopic (exact) mass is 206 g/mol. The van der Waals surface area contributed by atoms with E-state index in [0.717, 1.165) is 19.6 Å². The second-order valence-corrected chi connectivity index (χ2v) is 4.00. The summed E-state index contributed by atoms with van der Waals surface area (Å²) in [4.78, 5) is 5.73. The first kappa shape index (κ1) is 10.6. The zero-order chi connectivity index (χ0) is 10.5. The molecule has 1 aliphatic rings. The van der Waals surface area contributed by atoms with Crippen molar-refractivity contribution in [2.75, 3.05) is 19.6 Å². The summed E-state index contributed by atoms with van der Waals surface area (Å²) in [5, 5.41) is 5.44. The van der Waals surface area contributed by atoms with Crippen LogP contribution in [0, 0.1) is 0 Å². The smallest absolute Gasteiger partial charge is 0.0935 e. The molecule has 82 valence electrons. The van der Waals surface area contributed by atoms with Crippen molar-refractivity contribution >= 4 is 0 Å². The third-order valence-electron chi connectivity index (χ3n) is 2.59. The molecule has 0 bridgehead atoms. The first-order valence-electron chi connectivity index (χ1n) is 5.50. The fourth-order valence-corrected chi connectivity index (χ4v) is 1.75. The molecule has 1 heterocycles. The second-order valence-electron chi connectivity index (χ2n) is 4.00. The van der Waals surface area contributed by atoms with E-state index in [-0.39, 0.29) is 0 Å². The molecule has 1 N–H and O–H groups in total. The number of rotatable bonds is 3. The van der Waals surface area contributed by atoms with Gasteiger partial charge in [-0.25, -0.2) is 0 Å². The van der Waals surface area contributed by atoms with Crippen LogP contribution < -0.4 is 5.32 Å². The standard InChI is InChI=1S/C12H18N2O/c1-11-9-14(8-7-13-11)15-10-12-5-3-2-4-6-12/h2-6,11,13H,7-10H2,1H3. The van der Waals surface area contributed by atoms with Gasteiger partial charge in [-0.05, 0) is 12.5 Å². The van der Waals surface area contributed by atoms with Crippen molar-refractivity contribution in [2.45, 2.75) is 19.6 Å². The molecule has 1 saturated heterocycles. The fourth-order valence-electron chi connectivity index (χ4n) is 1.75. The Balaban J connectivity index is 1.78. The van der Waals surface area contributed by atoms with E-state index in [0.29, 0.717) is 12.6 Å². The third kappa shape index (κ3) is 3.30. The lowest BCUT2D eigenvalue weighted by Crippen LogP contribution is -2.48. The van der Waals surface area contributed by atoms with Gasteiger partial charge in [0.05, 0.1) is 6.61 Å². The van der Waals surface area contributed by atoms with E-state index in [9.17, 15) is 0 Å². The lowest BCUT2D eigenvalue weighted by molar-refractivity contribution is -0.180. The van der Waals surface area contributed by atoms with Gasteiger partial charge in [-0.15, -0.1) is 0 Å². The van der Waals surface area contributed by atoms with Gasteiger partial charge in [0.15, 0.2) is 0 Å². The van der Waals surface area contributed by atoms with Crippen LogP contribution in [-0.2, 0) is 11.4 Å². The SMILES string of the molecule is CC1CN(OCc2ccccc2)CCN1. The molecule has 0 amide bonds. The van der Waals surface area contributed by atoms with E-state index in [1.54, 1.807) is 0 Å². The molecule has 0 spiro atoms. The normalized spacial score (nSPS) is 22.9. The molecule has 0 aromatic heterocycles. The van der Waals surface area contributed by atoms with Gasteiger partial charge < -0.3 is 5.32 Å². The molecule has 1 aliphatic heterocycles. The Morgan fingerprint density at radius 1 is 1.40 bits per heavy atom. The van der Waals surface area contributed by atoms with Gasteiger partial charge >= 0.3 is 0 Å². The van der Waals surface area contributed by atoms with Crippen molar-refractivity contribution < 1.29 is 4.84 Å². The molecule has 3 heteroatoms. The van der Waals surface area contributed by atoms with Gasteiger partial charge in [0.1, 0.15) is 0 Å². The Bertz CT molecular complexity index is 289. The maximum atomic E-state index is 5.73. The minimum atomic E-state index is 0.523. The maximum absolute atomic E-state index is 5.73. The first-order valence-corrected chi connectivity index (χ1v) is 5.50. The van der Waals surface area contributed by atoms with E-state index < -0.39 is 0 Å². The van der Waals surface area contributed by atoms with Crippen molar-refractivity contribution in [3.05, 3.63) is 35.9 Å². The molecule has 0 aliphatic carbocycles. The quantitative estimate of drug-likeness (QED) is 0.809. The lowest BCUT2D eigenvalue weighted by Gasteiger charge is -2.30. The molecular weight excluding hydrogens is 188 g/mol. The predicted octanol–water partition coefficient (Wildman–Crippen LogP) is 1.41. The van der Waals surface area contributed by atoms with Gasteiger partial charge in [-0.3, -0.25) is 4.84 Å². The molecule has 1 aromatic rings. The molecule has 1 unspecified atom stereocenters. The zero-order valence-corrected chi connectivity index (χ0v) is 9.15. The summed E-state index contributed by atoms with van der Waals surface area (Å²) in [5.41, 5.74) is 1.23. The topological polar surface area (TPSA) is 24.5 Å².